The highest BCUT2D eigenvalue weighted by molar-refractivity contribution is 8.13. The number of hydrogen-bond donors (Lipinski definition) is 9. The van der Waals surface area contributed by atoms with E-state index in [0.717, 1.165) is 48.2 Å². The molecule has 1 fully saturated rings. The quantitative estimate of drug-likeness (QED) is 0.0369. The van der Waals surface area contributed by atoms with Gasteiger partial charge in [-0.05, 0) is 12.3 Å². The Hall–Kier alpha value is -2.44. The number of nitrogens with one attached hydrogen (secondary N) is 2. The van der Waals surface area contributed by atoms with Gasteiger partial charge in [-0.2, -0.15) is 4.31 Å². The Balaban J connectivity index is 1.34. The average molecular weight is 1010 g/mol. The molecule has 0 bridgehead atoms. The van der Waals surface area contributed by atoms with Gasteiger partial charge in [0, 0.05) is 37.1 Å². The summed E-state index contributed by atoms with van der Waals surface area (Å²) in [5.74, 6) is -0.323. The first kappa shape index (κ1) is 56.9. The Morgan fingerprint density at radius 1 is 0.923 bits per heavy atom. The van der Waals surface area contributed by atoms with Crippen LogP contribution >= 0.6 is 35.2 Å². The number of hydrogen-bond acceptors (Lipinski definition) is 18. The zero-order chi connectivity index (χ0) is 48.4. The number of ether oxygens (including phenoxy) is 1. The van der Waals surface area contributed by atoms with Crippen LogP contribution in [-0.2, 0) is 50.7 Å². The number of unbranched alkanes of at least 4 members (excludes halogenated alkanes) is 7. The number of anilines is 1. The van der Waals surface area contributed by atoms with E-state index in [0.29, 0.717) is 18.1 Å². The molecule has 2 aromatic rings. The van der Waals surface area contributed by atoms with Crippen LogP contribution in [0.2, 0.25) is 0 Å². The van der Waals surface area contributed by atoms with Crippen molar-refractivity contribution in [3.63, 3.8) is 0 Å². The van der Waals surface area contributed by atoms with Gasteiger partial charge in [-0.3, -0.25) is 32.5 Å². The van der Waals surface area contributed by atoms with Crippen LogP contribution in [-0.4, -0.2) is 123 Å². The second-order valence-electron chi connectivity index (χ2n) is 16.6. The minimum absolute atomic E-state index is 0.0335. The maximum absolute atomic E-state index is 12.7. The molecule has 0 aliphatic carbocycles. The zero-order valence-electron chi connectivity index (χ0n) is 37.1. The molecule has 1 saturated heterocycles. The number of fused-ring (bicyclic) bond motifs is 1. The van der Waals surface area contributed by atoms with E-state index in [1.807, 2.05) is 0 Å². The summed E-state index contributed by atoms with van der Waals surface area (Å²) in [4.78, 5) is 88.3. The van der Waals surface area contributed by atoms with Crippen molar-refractivity contribution in [1.82, 2.24) is 30.2 Å². The molecule has 3 rings (SSSR count). The van der Waals surface area contributed by atoms with Crippen molar-refractivity contribution >= 4 is 69.1 Å². The van der Waals surface area contributed by atoms with E-state index in [4.69, 9.17) is 19.5 Å². The molecule has 1 aliphatic heterocycles. The fourth-order valence-electron chi connectivity index (χ4n) is 6.72. The van der Waals surface area contributed by atoms with Crippen molar-refractivity contribution in [1.29, 1.82) is 0 Å². The highest BCUT2D eigenvalue weighted by Crippen LogP contribution is 2.61. The molecule has 8 atom stereocenters. The van der Waals surface area contributed by atoms with Crippen LogP contribution in [0.4, 0.5) is 5.82 Å². The van der Waals surface area contributed by atoms with Crippen LogP contribution in [0.25, 0.3) is 11.2 Å². The minimum atomic E-state index is -5.57. The smallest absolute Gasteiger partial charge is 0.386 e. The van der Waals surface area contributed by atoms with Crippen molar-refractivity contribution in [2.45, 2.75) is 142 Å². The number of phosphoric ester groups is 3. The van der Waals surface area contributed by atoms with Gasteiger partial charge >= 0.3 is 23.5 Å². The second kappa shape index (κ2) is 26.9. The number of nitrogen functional groups attached to an aromatic ring is 1. The summed E-state index contributed by atoms with van der Waals surface area (Å²) in [6, 6.07) is 0. The molecule has 0 spiro atoms. The molecule has 8 unspecified atom stereocenters. The summed E-state index contributed by atoms with van der Waals surface area (Å²) in [5, 5.41) is 26.7. The molecule has 2 aromatic heterocycles. The number of phosphoric acid groups is 3. The maximum Gasteiger partial charge on any atom is 0.481 e. The lowest BCUT2D eigenvalue weighted by molar-refractivity contribution is -0.137. The maximum atomic E-state index is 12.7. The Labute approximate surface area is 382 Å². The van der Waals surface area contributed by atoms with E-state index in [1.165, 1.54) is 65.2 Å². The highest BCUT2D eigenvalue weighted by Gasteiger charge is 2.50. The van der Waals surface area contributed by atoms with E-state index >= 15 is 0 Å². The van der Waals surface area contributed by atoms with Crippen LogP contribution in [0.1, 0.15) is 117 Å². The normalized spacial score (nSPS) is 20.8. The van der Waals surface area contributed by atoms with Gasteiger partial charge in [0.15, 0.2) is 22.8 Å². The number of amides is 2. The standard InChI is InChI=1S/C37H66N7O17P3S/c1-5-6-7-8-9-11-14-25(2)15-12-10-13-16-28(46)65-20-19-39-27(45)17-18-40-35(49)32(48)37(3,4)22-58-64(55,56)61-63(53,54)57-21-26-31(60-62(50,51)52)30(47)36(59-26)44-24-43-29-33(38)41-23-42-34(29)44/h23-26,30-32,36,47-48H,5-22H2,1-4H3,(H,39,45)(H,40,49)(H,53,54)(H,55,56)(H2,38,41,42)(H2,50,51,52). The number of thioether (sulfide) groups is 1. The number of aromatic nitrogens is 4. The number of imidazole rings is 1. The van der Waals surface area contributed by atoms with E-state index in [9.17, 15) is 57.9 Å². The summed E-state index contributed by atoms with van der Waals surface area (Å²) < 4.78 is 62.4. The van der Waals surface area contributed by atoms with Gasteiger partial charge in [0.25, 0.3) is 0 Å². The van der Waals surface area contributed by atoms with Gasteiger partial charge in [-0.25, -0.2) is 28.6 Å². The number of aliphatic hydroxyl groups excluding tert-OH is 2. The zero-order valence-corrected chi connectivity index (χ0v) is 40.6. The molecule has 372 valence electrons. The van der Waals surface area contributed by atoms with E-state index in [1.54, 1.807) is 0 Å². The lowest BCUT2D eigenvalue weighted by atomic mass is 9.87. The van der Waals surface area contributed by atoms with Crippen molar-refractivity contribution in [2.24, 2.45) is 11.3 Å². The van der Waals surface area contributed by atoms with E-state index in [2.05, 4.69) is 48.3 Å². The molecule has 24 nitrogen and oxygen atoms in total. The lowest BCUT2D eigenvalue weighted by Crippen LogP contribution is -2.46. The highest BCUT2D eigenvalue weighted by atomic mass is 32.2. The van der Waals surface area contributed by atoms with E-state index in [-0.39, 0.29) is 41.6 Å². The molecule has 0 aromatic carbocycles. The first-order chi connectivity index (χ1) is 30.4. The predicted molar refractivity (Wildman–Crippen MR) is 237 cm³/mol. The largest absolute Gasteiger partial charge is 0.481 e. The van der Waals surface area contributed by atoms with Gasteiger partial charge in [-0.15, -0.1) is 0 Å². The number of nitrogens with two attached hydrogens (primary N) is 1. The van der Waals surface area contributed by atoms with Crippen LogP contribution in [0.15, 0.2) is 12.7 Å². The van der Waals surface area contributed by atoms with Crippen LogP contribution in [0.5, 0.6) is 0 Å². The van der Waals surface area contributed by atoms with Crippen molar-refractivity contribution in [3.05, 3.63) is 12.7 Å². The number of carbonyl (C=O) groups is 3. The summed E-state index contributed by atoms with van der Waals surface area (Å²) >= 11 is 1.15. The molecular formula is C37H66N7O17P3S. The van der Waals surface area contributed by atoms with Gasteiger partial charge < -0.3 is 50.9 Å². The van der Waals surface area contributed by atoms with Crippen molar-refractivity contribution in [2.75, 3.05) is 37.8 Å². The Morgan fingerprint density at radius 3 is 2.25 bits per heavy atom. The van der Waals surface area contributed by atoms with Crippen molar-refractivity contribution in [3.8, 4) is 0 Å². The number of aliphatic hydroxyl groups is 2. The molecule has 2 amide bonds. The average Bonchev–Trinajstić information content (AvgIpc) is 3.78. The molecular weight excluding hydrogens is 939 g/mol. The second-order valence-corrected chi connectivity index (χ2v) is 21.9. The summed E-state index contributed by atoms with van der Waals surface area (Å²) in [5.41, 5.74) is 4.29. The molecule has 0 radical (unpaired) electrons. The Morgan fingerprint density at radius 2 is 1.57 bits per heavy atom. The van der Waals surface area contributed by atoms with Gasteiger partial charge in [0.05, 0.1) is 19.5 Å². The molecule has 1 aliphatic rings. The number of rotatable bonds is 32. The lowest BCUT2D eigenvalue weighted by Gasteiger charge is -2.30. The molecule has 65 heavy (non-hydrogen) atoms. The Bertz CT molecular complexity index is 1980. The summed E-state index contributed by atoms with van der Waals surface area (Å²) in [6.45, 7) is 5.09. The molecule has 0 saturated carbocycles. The summed E-state index contributed by atoms with van der Waals surface area (Å²) in [6.07, 6.45) is 6.79. The number of carbonyl (C=O) groups excluding carboxylic acids is 3. The van der Waals surface area contributed by atoms with Gasteiger partial charge in [0.2, 0.25) is 11.8 Å². The third-order valence-corrected chi connectivity index (χ3v) is 14.4. The van der Waals surface area contributed by atoms with E-state index < -0.39 is 84.6 Å². The topological polar surface area (TPSA) is 364 Å². The van der Waals surface area contributed by atoms with Crippen molar-refractivity contribution < 1.29 is 80.5 Å². The summed E-state index contributed by atoms with van der Waals surface area (Å²) in [7, 11) is -16.4. The fourth-order valence-corrected chi connectivity index (χ4v) is 10.3. The third kappa shape index (κ3) is 20.4. The SMILES string of the molecule is CCCCCCCCC(C)CCCCCC(=O)SCCNC(=O)CCNC(=O)C(O)C(C)(C)COP(=O)(O)OP(=O)(O)OCC1OC(n2cnc3c(N)ncnc32)C(O)C1OP(=O)(O)O. The van der Waals surface area contributed by atoms with Gasteiger partial charge in [0.1, 0.15) is 36.3 Å². The fraction of sp³-hybridized carbons (Fsp3) is 0.784. The van der Waals surface area contributed by atoms with Crippen LogP contribution in [0, 0.1) is 11.3 Å². The molecule has 10 N–H and O–H groups in total. The molecule has 3 heterocycles. The first-order valence-electron chi connectivity index (χ1n) is 21.5. The predicted octanol–water partition coefficient (Wildman–Crippen LogP) is 4.00. The monoisotopic (exact) mass is 1010 g/mol. The molecule has 28 heteroatoms. The van der Waals surface area contributed by atoms with Gasteiger partial charge in [-0.1, -0.05) is 104 Å². The van der Waals surface area contributed by atoms with Crippen LogP contribution < -0.4 is 16.4 Å². The number of nitrogens with zero attached hydrogens (tertiary/aromatic N) is 4. The first-order valence-corrected chi connectivity index (χ1v) is 27.0. The van der Waals surface area contributed by atoms with Crippen LogP contribution in [0.3, 0.4) is 0 Å². The Kier molecular flexibility index (Phi) is 23.6. The third-order valence-electron chi connectivity index (χ3n) is 10.4. The minimum Gasteiger partial charge on any atom is -0.386 e.